The number of nitrogens with one attached hydrogen (secondary N) is 1. The lowest BCUT2D eigenvalue weighted by Gasteiger charge is -2.34. The number of β-amino-alcohol motifs (C(OH)–C–C–N with tert-alkyl or cyclic N) is 1. The summed E-state index contributed by atoms with van der Waals surface area (Å²) in [6.07, 6.45) is 1.91. The van der Waals surface area contributed by atoms with Crippen molar-refractivity contribution in [3.8, 4) is 0 Å². The highest BCUT2D eigenvalue weighted by atomic mass is 16.5. The fourth-order valence-electron chi connectivity index (χ4n) is 2.91. The number of carbonyl (C=O) groups excluding carboxylic acids is 3. The van der Waals surface area contributed by atoms with Crippen molar-refractivity contribution in [2.24, 2.45) is 10.8 Å². The molecule has 7 nitrogen and oxygen atoms in total. The van der Waals surface area contributed by atoms with Gasteiger partial charge >= 0.3 is 6.09 Å². The summed E-state index contributed by atoms with van der Waals surface area (Å²) >= 11 is 0. The zero-order valence-electron chi connectivity index (χ0n) is 16.4. The standard InChI is InChI=1S/C19H32N2O5/c1-7-8-19(5,6)12-26-17(25)20-15(18(2,3)4)16(24)21-10-14(23)9-13(21)11-22/h7,11,13-15,23H,1,8-10,12H2,2-6H3,(H,20,25)/t13-,14+,15+/m0/s1. The smallest absolute Gasteiger partial charge is 0.407 e. The first kappa shape index (κ1) is 22.2. The van der Waals surface area contributed by atoms with Crippen LogP contribution in [0.4, 0.5) is 4.79 Å². The Hall–Kier alpha value is -1.89. The predicted octanol–water partition coefficient (Wildman–Crippen LogP) is 1.89. The maximum Gasteiger partial charge on any atom is 0.407 e. The number of amides is 2. The Bertz CT molecular complexity index is 539. The number of aliphatic hydroxyl groups is 1. The molecule has 0 aliphatic carbocycles. The Morgan fingerprint density at radius 3 is 2.46 bits per heavy atom. The molecule has 148 valence electrons. The highest BCUT2D eigenvalue weighted by molar-refractivity contribution is 5.88. The first-order valence-corrected chi connectivity index (χ1v) is 8.89. The summed E-state index contributed by atoms with van der Waals surface area (Å²) in [5.41, 5.74) is -0.838. The van der Waals surface area contributed by atoms with Gasteiger partial charge in [0, 0.05) is 18.4 Å². The minimum absolute atomic E-state index is 0.0813. The number of rotatable bonds is 7. The molecule has 0 radical (unpaired) electrons. The molecule has 3 atom stereocenters. The van der Waals surface area contributed by atoms with Crippen molar-refractivity contribution in [3.05, 3.63) is 12.7 Å². The van der Waals surface area contributed by atoms with E-state index in [0.717, 1.165) is 0 Å². The molecule has 2 amide bonds. The van der Waals surface area contributed by atoms with Gasteiger partial charge in [-0.15, -0.1) is 6.58 Å². The molecule has 0 spiro atoms. The number of allylic oxidation sites excluding steroid dienone is 1. The molecule has 7 heteroatoms. The second-order valence-corrected chi connectivity index (χ2v) is 8.76. The third kappa shape index (κ3) is 6.12. The van der Waals surface area contributed by atoms with E-state index in [1.54, 1.807) is 6.08 Å². The Morgan fingerprint density at radius 2 is 1.96 bits per heavy atom. The summed E-state index contributed by atoms with van der Waals surface area (Å²) in [4.78, 5) is 37.7. The van der Waals surface area contributed by atoms with Gasteiger partial charge in [-0.1, -0.05) is 40.7 Å². The largest absolute Gasteiger partial charge is 0.449 e. The lowest BCUT2D eigenvalue weighted by Crippen LogP contribution is -2.56. The molecule has 0 aromatic heterocycles. The summed E-state index contributed by atoms with van der Waals surface area (Å²) < 4.78 is 5.28. The van der Waals surface area contributed by atoms with E-state index in [1.165, 1.54) is 4.90 Å². The highest BCUT2D eigenvalue weighted by Gasteiger charge is 2.42. The van der Waals surface area contributed by atoms with E-state index in [0.29, 0.717) is 12.7 Å². The second-order valence-electron chi connectivity index (χ2n) is 8.76. The lowest BCUT2D eigenvalue weighted by atomic mass is 9.85. The molecule has 1 saturated heterocycles. The van der Waals surface area contributed by atoms with E-state index in [9.17, 15) is 19.5 Å². The number of nitrogens with zero attached hydrogens (tertiary/aromatic N) is 1. The van der Waals surface area contributed by atoms with Gasteiger partial charge in [-0.3, -0.25) is 4.79 Å². The number of alkyl carbamates (subject to hydrolysis) is 1. The summed E-state index contributed by atoms with van der Waals surface area (Å²) in [7, 11) is 0. The number of aldehydes is 1. The number of hydrogen-bond donors (Lipinski definition) is 2. The van der Waals surface area contributed by atoms with Gasteiger partial charge in [-0.05, 0) is 11.8 Å². The molecule has 0 aromatic rings. The van der Waals surface area contributed by atoms with Crippen molar-refractivity contribution in [2.45, 2.75) is 65.6 Å². The predicted molar refractivity (Wildman–Crippen MR) is 98.5 cm³/mol. The van der Waals surface area contributed by atoms with E-state index >= 15 is 0 Å². The summed E-state index contributed by atoms with van der Waals surface area (Å²) in [6.45, 7) is 13.3. The van der Waals surface area contributed by atoms with E-state index in [1.807, 2.05) is 34.6 Å². The molecular weight excluding hydrogens is 336 g/mol. The van der Waals surface area contributed by atoms with Gasteiger partial charge in [-0.2, -0.15) is 0 Å². The maximum absolute atomic E-state index is 12.9. The van der Waals surface area contributed by atoms with Gasteiger partial charge < -0.3 is 24.9 Å². The topological polar surface area (TPSA) is 95.9 Å². The van der Waals surface area contributed by atoms with Gasteiger partial charge in [0.1, 0.15) is 12.3 Å². The van der Waals surface area contributed by atoms with Crippen LogP contribution in [0.15, 0.2) is 12.7 Å². The number of likely N-dealkylation sites (tertiary alicyclic amines) is 1. The van der Waals surface area contributed by atoms with Crippen molar-refractivity contribution in [1.82, 2.24) is 10.2 Å². The quantitative estimate of drug-likeness (QED) is 0.528. The number of hydrogen-bond acceptors (Lipinski definition) is 5. The molecule has 0 unspecified atom stereocenters. The van der Waals surface area contributed by atoms with Crippen LogP contribution < -0.4 is 5.32 Å². The van der Waals surface area contributed by atoms with Crippen LogP contribution in [0.25, 0.3) is 0 Å². The normalized spacial score (nSPS) is 21.8. The lowest BCUT2D eigenvalue weighted by molar-refractivity contribution is -0.139. The third-order valence-electron chi connectivity index (χ3n) is 4.43. The van der Waals surface area contributed by atoms with Crippen LogP contribution in [0.1, 0.15) is 47.5 Å². The molecule has 0 saturated carbocycles. The van der Waals surface area contributed by atoms with Crippen LogP contribution in [0.5, 0.6) is 0 Å². The molecule has 2 N–H and O–H groups in total. The van der Waals surface area contributed by atoms with E-state index in [-0.39, 0.29) is 25.0 Å². The van der Waals surface area contributed by atoms with Crippen LogP contribution in [0, 0.1) is 10.8 Å². The Labute approximate surface area is 155 Å². The fourth-order valence-corrected chi connectivity index (χ4v) is 2.91. The summed E-state index contributed by atoms with van der Waals surface area (Å²) in [6, 6.07) is -1.54. The van der Waals surface area contributed by atoms with Crippen LogP contribution >= 0.6 is 0 Å². The van der Waals surface area contributed by atoms with Crippen molar-refractivity contribution in [2.75, 3.05) is 13.2 Å². The number of ether oxygens (including phenoxy) is 1. The van der Waals surface area contributed by atoms with Gasteiger partial charge in [0.25, 0.3) is 0 Å². The van der Waals surface area contributed by atoms with E-state index in [2.05, 4.69) is 11.9 Å². The maximum atomic E-state index is 12.9. The highest BCUT2D eigenvalue weighted by Crippen LogP contribution is 2.26. The van der Waals surface area contributed by atoms with Gasteiger partial charge in [-0.25, -0.2) is 4.79 Å². The van der Waals surface area contributed by atoms with E-state index in [4.69, 9.17) is 4.74 Å². The molecular formula is C19H32N2O5. The average molecular weight is 368 g/mol. The Balaban J connectivity index is 2.81. The number of carbonyl (C=O) groups is 3. The first-order valence-electron chi connectivity index (χ1n) is 8.89. The molecule has 26 heavy (non-hydrogen) atoms. The van der Waals surface area contributed by atoms with Crippen molar-refractivity contribution in [1.29, 1.82) is 0 Å². The van der Waals surface area contributed by atoms with Crippen LogP contribution in [-0.4, -0.2) is 59.6 Å². The monoisotopic (exact) mass is 368 g/mol. The molecule has 1 rings (SSSR count). The van der Waals surface area contributed by atoms with Crippen LogP contribution in [0.2, 0.25) is 0 Å². The molecule has 1 aliphatic heterocycles. The SMILES string of the molecule is C=CCC(C)(C)COC(=O)N[C@H](C(=O)N1C[C@H](O)C[C@H]1C=O)C(C)(C)C. The van der Waals surface area contributed by atoms with Crippen molar-refractivity contribution in [3.63, 3.8) is 0 Å². The molecule has 1 aliphatic rings. The Kier molecular flexibility index (Phi) is 7.38. The fraction of sp³-hybridized carbons (Fsp3) is 0.737. The van der Waals surface area contributed by atoms with Crippen molar-refractivity contribution >= 4 is 18.3 Å². The van der Waals surface area contributed by atoms with Crippen LogP contribution in [0.3, 0.4) is 0 Å². The minimum Gasteiger partial charge on any atom is -0.449 e. The zero-order chi connectivity index (χ0) is 20.1. The average Bonchev–Trinajstić information content (AvgIpc) is 2.90. The molecule has 1 heterocycles. The van der Waals surface area contributed by atoms with Gasteiger partial charge in [0.2, 0.25) is 5.91 Å². The summed E-state index contributed by atoms with van der Waals surface area (Å²) in [5, 5.41) is 12.4. The number of aliphatic hydroxyl groups excluding tert-OH is 1. The van der Waals surface area contributed by atoms with E-state index < -0.39 is 35.6 Å². The minimum atomic E-state index is -0.870. The van der Waals surface area contributed by atoms with Crippen LogP contribution in [-0.2, 0) is 14.3 Å². The zero-order valence-corrected chi connectivity index (χ0v) is 16.4. The third-order valence-corrected chi connectivity index (χ3v) is 4.43. The Morgan fingerprint density at radius 1 is 1.35 bits per heavy atom. The molecule has 0 aromatic carbocycles. The molecule has 0 bridgehead atoms. The van der Waals surface area contributed by atoms with Gasteiger partial charge in [0.05, 0.1) is 18.8 Å². The summed E-state index contributed by atoms with van der Waals surface area (Å²) in [5.74, 6) is -0.395. The van der Waals surface area contributed by atoms with Gasteiger partial charge in [0.15, 0.2) is 0 Å². The first-order chi connectivity index (χ1) is 11.9. The molecule has 1 fully saturated rings. The second kappa shape index (κ2) is 8.66. The van der Waals surface area contributed by atoms with Crippen molar-refractivity contribution < 1.29 is 24.2 Å².